The monoisotopic (exact) mass is 373 g/mol. The molecule has 1 fully saturated rings. The summed E-state index contributed by atoms with van der Waals surface area (Å²) in [6.45, 7) is 16.9. The average molecular weight is 374 g/mol. The van der Waals surface area contributed by atoms with Crippen LogP contribution in [0.25, 0.3) is 0 Å². The van der Waals surface area contributed by atoms with E-state index in [0.29, 0.717) is 32.6 Å². The molecule has 1 aromatic rings. The maximum Gasteiger partial charge on any atom is 0.317 e. The third kappa shape index (κ3) is 5.98. The maximum absolute atomic E-state index is 12.8. The number of amides is 3. The van der Waals surface area contributed by atoms with Gasteiger partial charge in [-0.3, -0.25) is 4.79 Å². The topological polar surface area (TPSA) is 52.7 Å². The zero-order chi connectivity index (χ0) is 20.4. The summed E-state index contributed by atoms with van der Waals surface area (Å²) >= 11 is 0. The first kappa shape index (κ1) is 21.3. The molecular formula is C22H35N3O2. The van der Waals surface area contributed by atoms with Crippen molar-refractivity contribution in [2.24, 2.45) is 0 Å². The molecule has 1 aromatic carbocycles. The van der Waals surface area contributed by atoms with E-state index in [0.717, 1.165) is 11.1 Å². The number of nitrogens with zero attached hydrogens (tertiary/aromatic N) is 2. The van der Waals surface area contributed by atoms with E-state index in [1.54, 1.807) is 4.90 Å². The number of carbonyl (C=O) groups excluding carboxylic acids is 2. The van der Waals surface area contributed by atoms with Crippen LogP contribution in [0.2, 0.25) is 0 Å². The number of piperazine rings is 1. The lowest BCUT2D eigenvalue weighted by atomic mass is 9.85. The standard InChI is InChI=1S/C22H35N3O2/c1-16-8-9-18(21(2,3)4)14-17(16)15-19(26)24-10-12-25(13-11-24)20(27)23-22(5,6)7/h8-9,14H,10-13,15H2,1-7H3,(H,23,27). The molecule has 0 atom stereocenters. The van der Waals surface area contributed by atoms with Gasteiger partial charge < -0.3 is 15.1 Å². The van der Waals surface area contributed by atoms with E-state index in [1.807, 2.05) is 25.7 Å². The molecule has 0 unspecified atom stereocenters. The summed E-state index contributed by atoms with van der Waals surface area (Å²) in [6.07, 6.45) is 0.421. The molecule has 1 heterocycles. The van der Waals surface area contributed by atoms with E-state index < -0.39 is 0 Å². The molecule has 1 aliphatic rings. The predicted octanol–water partition coefficient (Wildman–Crippen LogP) is 3.49. The first-order valence-electron chi connectivity index (χ1n) is 9.82. The van der Waals surface area contributed by atoms with Crippen LogP contribution in [0.15, 0.2) is 18.2 Å². The van der Waals surface area contributed by atoms with Crippen molar-refractivity contribution in [3.63, 3.8) is 0 Å². The van der Waals surface area contributed by atoms with Gasteiger partial charge in [0.05, 0.1) is 6.42 Å². The van der Waals surface area contributed by atoms with Gasteiger partial charge in [0.1, 0.15) is 0 Å². The van der Waals surface area contributed by atoms with Gasteiger partial charge >= 0.3 is 6.03 Å². The molecule has 3 amide bonds. The molecule has 0 aliphatic carbocycles. The average Bonchev–Trinajstić information content (AvgIpc) is 2.54. The molecule has 2 rings (SSSR count). The van der Waals surface area contributed by atoms with Crippen LogP contribution in [-0.2, 0) is 16.6 Å². The third-order valence-corrected chi connectivity index (χ3v) is 4.96. The van der Waals surface area contributed by atoms with Gasteiger partial charge in [-0.15, -0.1) is 0 Å². The minimum atomic E-state index is -0.250. The highest BCUT2D eigenvalue weighted by Crippen LogP contribution is 2.25. The molecule has 5 heteroatoms. The van der Waals surface area contributed by atoms with Crippen LogP contribution in [0.4, 0.5) is 4.79 Å². The summed E-state index contributed by atoms with van der Waals surface area (Å²) in [4.78, 5) is 28.7. The molecule has 1 N–H and O–H groups in total. The number of hydrogen-bond acceptors (Lipinski definition) is 2. The number of nitrogens with one attached hydrogen (secondary N) is 1. The van der Waals surface area contributed by atoms with E-state index in [2.05, 4.69) is 51.2 Å². The molecule has 150 valence electrons. The molecule has 0 radical (unpaired) electrons. The molecule has 0 saturated carbocycles. The number of urea groups is 1. The van der Waals surface area contributed by atoms with Gasteiger partial charge in [-0.1, -0.05) is 39.0 Å². The Balaban J connectivity index is 1.96. The van der Waals surface area contributed by atoms with Gasteiger partial charge in [-0.2, -0.15) is 0 Å². The normalized spacial score (nSPS) is 15.7. The summed E-state index contributed by atoms with van der Waals surface area (Å²) in [5, 5.41) is 2.98. The van der Waals surface area contributed by atoms with Crippen LogP contribution >= 0.6 is 0 Å². The van der Waals surface area contributed by atoms with Crippen LogP contribution in [0.5, 0.6) is 0 Å². The first-order chi connectivity index (χ1) is 12.4. The lowest BCUT2D eigenvalue weighted by molar-refractivity contribution is -0.131. The Hall–Kier alpha value is -2.04. The number of carbonyl (C=O) groups is 2. The minimum Gasteiger partial charge on any atom is -0.339 e. The zero-order valence-electron chi connectivity index (χ0n) is 18.0. The smallest absolute Gasteiger partial charge is 0.317 e. The van der Waals surface area contributed by atoms with Crippen molar-refractivity contribution in [3.05, 3.63) is 34.9 Å². The molecule has 5 nitrogen and oxygen atoms in total. The Morgan fingerprint density at radius 2 is 1.52 bits per heavy atom. The van der Waals surface area contributed by atoms with Crippen molar-refractivity contribution in [2.45, 2.75) is 65.8 Å². The molecule has 27 heavy (non-hydrogen) atoms. The van der Waals surface area contributed by atoms with Crippen molar-refractivity contribution in [1.82, 2.24) is 15.1 Å². The SMILES string of the molecule is Cc1ccc(C(C)(C)C)cc1CC(=O)N1CCN(C(=O)NC(C)(C)C)CC1. The van der Waals surface area contributed by atoms with Crippen LogP contribution < -0.4 is 5.32 Å². The highest BCUT2D eigenvalue weighted by molar-refractivity contribution is 5.80. The second kappa shape index (κ2) is 7.91. The molecule has 0 bridgehead atoms. The maximum atomic E-state index is 12.8. The predicted molar refractivity (Wildman–Crippen MR) is 110 cm³/mol. The molecular weight excluding hydrogens is 338 g/mol. The van der Waals surface area contributed by atoms with Crippen molar-refractivity contribution < 1.29 is 9.59 Å². The fraction of sp³-hybridized carbons (Fsp3) is 0.636. The summed E-state index contributed by atoms with van der Waals surface area (Å²) in [7, 11) is 0. The largest absolute Gasteiger partial charge is 0.339 e. The summed E-state index contributed by atoms with van der Waals surface area (Å²) in [5.41, 5.74) is 3.32. The summed E-state index contributed by atoms with van der Waals surface area (Å²) in [5.74, 6) is 0.139. The molecule has 1 saturated heterocycles. The first-order valence-corrected chi connectivity index (χ1v) is 9.82. The van der Waals surface area contributed by atoms with E-state index in [-0.39, 0.29) is 22.9 Å². The fourth-order valence-electron chi connectivity index (χ4n) is 3.16. The van der Waals surface area contributed by atoms with E-state index in [9.17, 15) is 9.59 Å². The Morgan fingerprint density at radius 1 is 0.963 bits per heavy atom. The fourth-order valence-corrected chi connectivity index (χ4v) is 3.16. The zero-order valence-corrected chi connectivity index (χ0v) is 18.0. The van der Waals surface area contributed by atoms with Crippen molar-refractivity contribution in [2.75, 3.05) is 26.2 Å². The number of rotatable bonds is 2. The summed E-state index contributed by atoms with van der Waals surface area (Å²) < 4.78 is 0. The molecule has 0 aromatic heterocycles. The second-order valence-electron chi connectivity index (χ2n) is 9.62. The van der Waals surface area contributed by atoms with Gasteiger partial charge in [0, 0.05) is 31.7 Å². The summed E-state index contributed by atoms with van der Waals surface area (Å²) in [6, 6.07) is 6.37. The van der Waals surface area contributed by atoms with E-state index in [1.165, 1.54) is 5.56 Å². The van der Waals surface area contributed by atoms with Gasteiger partial charge in [-0.25, -0.2) is 4.79 Å². The molecule has 0 spiro atoms. The Labute approximate surface area is 164 Å². The number of hydrogen-bond donors (Lipinski definition) is 1. The van der Waals surface area contributed by atoms with Crippen molar-refractivity contribution in [1.29, 1.82) is 0 Å². The van der Waals surface area contributed by atoms with Gasteiger partial charge in [0.2, 0.25) is 5.91 Å². The highest BCUT2D eigenvalue weighted by atomic mass is 16.2. The number of aryl methyl sites for hydroxylation is 1. The van der Waals surface area contributed by atoms with E-state index in [4.69, 9.17) is 0 Å². The third-order valence-electron chi connectivity index (χ3n) is 4.96. The Kier molecular flexibility index (Phi) is 6.23. The van der Waals surface area contributed by atoms with E-state index >= 15 is 0 Å². The van der Waals surface area contributed by atoms with Crippen LogP contribution in [0, 0.1) is 6.92 Å². The second-order valence-corrected chi connectivity index (χ2v) is 9.62. The molecule has 1 aliphatic heterocycles. The number of benzene rings is 1. The van der Waals surface area contributed by atoms with Gasteiger partial charge in [-0.05, 0) is 49.8 Å². The van der Waals surface area contributed by atoms with Gasteiger partial charge in [0.15, 0.2) is 0 Å². The quantitative estimate of drug-likeness (QED) is 0.863. The lowest BCUT2D eigenvalue weighted by Gasteiger charge is -2.36. The lowest BCUT2D eigenvalue weighted by Crippen LogP contribution is -2.56. The van der Waals surface area contributed by atoms with Gasteiger partial charge in [0.25, 0.3) is 0 Å². The van der Waals surface area contributed by atoms with Crippen LogP contribution in [0.1, 0.15) is 58.2 Å². The Bertz CT molecular complexity index is 690. The van der Waals surface area contributed by atoms with Crippen molar-refractivity contribution in [3.8, 4) is 0 Å². The minimum absolute atomic E-state index is 0.0525. The van der Waals surface area contributed by atoms with Crippen molar-refractivity contribution >= 4 is 11.9 Å². The van der Waals surface area contributed by atoms with Crippen LogP contribution in [-0.4, -0.2) is 53.5 Å². The Morgan fingerprint density at radius 3 is 2.04 bits per heavy atom. The highest BCUT2D eigenvalue weighted by Gasteiger charge is 2.26. The van der Waals surface area contributed by atoms with Crippen LogP contribution in [0.3, 0.4) is 0 Å².